The van der Waals surface area contributed by atoms with Crippen LogP contribution in [0.25, 0.3) is 0 Å². The van der Waals surface area contributed by atoms with E-state index in [1.807, 2.05) is 11.8 Å². The SMILES string of the molecule is CC1CCCN(C(=O)[C@H]2NCCO[C@@H]2C)C1. The van der Waals surface area contributed by atoms with Crippen LogP contribution in [0, 0.1) is 5.92 Å². The molecule has 2 fully saturated rings. The molecule has 1 unspecified atom stereocenters. The highest BCUT2D eigenvalue weighted by Gasteiger charge is 2.33. The molecule has 2 rings (SSSR count). The molecule has 4 nitrogen and oxygen atoms in total. The zero-order valence-electron chi connectivity index (χ0n) is 10.2. The molecule has 0 radical (unpaired) electrons. The Morgan fingerprint density at radius 2 is 2.25 bits per heavy atom. The van der Waals surface area contributed by atoms with E-state index in [9.17, 15) is 4.79 Å². The Balaban J connectivity index is 1.94. The smallest absolute Gasteiger partial charge is 0.242 e. The Kier molecular flexibility index (Phi) is 3.82. The van der Waals surface area contributed by atoms with Gasteiger partial charge in [0.2, 0.25) is 5.91 Å². The summed E-state index contributed by atoms with van der Waals surface area (Å²) in [6.07, 6.45) is 2.38. The summed E-state index contributed by atoms with van der Waals surface area (Å²) >= 11 is 0. The summed E-state index contributed by atoms with van der Waals surface area (Å²) in [6.45, 7) is 7.50. The molecule has 2 aliphatic rings. The van der Waals surface area contributed by atoms with Crippen molar-refractivity contribution in [1.82, 2.24) is 10.2 Å². The monoisotopic (exact) mass is 226 g/mol. The average Bonchev–Trinajstić information content (AvgIpc) is 2.29. The molecule has 0 aromatic carbocycles. The van der Waals surface area contributed by atoms with Gasteiger partial charge in [0.15, 0.2) is 0 Å². The van der Waals surface area contributed by atoms with Crippen molar-refractivity contribution >= 4 is 5.91 Å². The minimum absolute atomic E-state index is 0.00140. The number of hydrogen-bond acceptors (Lipinski definition) is 3. The van der Waals surface area contributed by atoms with Crippen molar-refractivity contribution in [3.05, 3.63) is 0 Å². The van der Waals surface area contributed by atoms with Crippen LogP contribution < -0.4 is 5.32 Å². The first-order valence-electron chi connectivity index (χ1n) is 6.32. The fraction of sp³-hybridized carbons (Fsp3) is 0.917. The van der Waals surface area contributed by atoms with E-state index in [4.69, 9.17) is 4.74 Å². The van der Waals surface area contributed by atoms with Gasteiger partial charge >= 0.3 is 0 Å². The van der Waals surface area contributed by atoms with Crippen LogP contribution in [0.15, 0.2) is 0 Å². The molecule has 16 heavy (non-hydrogen) atoms. The van der Waals surface area contributed by atoms with Gasteiger partial charge in [-0.1, -0.05) is 6.92 Å². The average molecular weight is 226 g/mol. The first-order chi connectivity index (χ1) is 7.68. The highest BCUT2D eigenvalue weighted by atomic mass is 16.5. The number of amides is 1. The molecular weight excluding hydrogens is 204 g/mol. The maximum atomic E-state index is 12.3. The molecule has 0 aliphatic carbocycles. The third-order valence-electron chi connectivity index (χ3n) is 3.55. The van der Waals surface area contributed by atoms with Gasteiger partial charge < -0.3 is 15.0 Å². The Labute approximate surface area is 97.3 Å². The van der Waals surface area contributed by atoms with Crippen LogP contribution in [0.4, 0.5) is 0 Å². The van der Waals surface area contributed by atoms with Gasteiger partial charge in [0.05, 0.1) is 12.7 Å². The van der Waals surface area contributed by atoms with Crippen LogP contribution in [0.2, 0.25) is 0 Å². The van der Waals surface area contributed by atoms with Gasteiger partial charge in [-0.15, -0.1) is 0 Å². The number of carbonyl (C=O) groups excluding carboxylic acids is 1. The zero-order chi connectivity index (χ0) is 11.5. The van der Waals surface area contributed by atoms with E-state index >= 15 is 0 Å². The van der Waals surface area contributed by atoms with Crippen molar-refractivity contribution in [2.45, 2.75) is 38.8 Å². The number of carbonyl (C=O) groups is 1. The van der Waals surface area contributed by atoms with Crippen molar-refractivity contribution in [2.24, 2.45) is 5.92 Å². The number of morpholine rings is 1. The Bertz CT molecular complexity index is 257. The zero-order valence-corrected chi connectivity index (χ0v) is 10.2. The van der Waals surface area contributed by atoms with Crippen molar-refractivity contribution in [1.29, 1.82) is 0 Å². The van der Waals surface area contributed by atoms with Crippen LogP contribution in [0.5, 0.6) is 0 Å². The number of nitrogens with zero attached hydrogens (tertiary/aromatic N) is 1. The summed E-state index contributed by atoms with van der Waals surface area (Å²) in [5.41, 5.74) is 0. The minimum Gasteiger partial charge on any atom is -0.375 e. The Morgan fingerprint density at radius 1 is 1.44 bits per heavy atom. The van der Waals surface area contributed by atoms with E-state index in [1.165, 1.54) is 6.42 Å². The quantitative estimate of drug-likeness (QED) is 0.713. The molecule has 2 heterocycles. The molecule has 0 bridgehead atoms. The molecule has 0 aromatic rings. The van der Waals surface area contributed by atoms with Crippen molar-refractivity contribution in [3.8, 4) is 0 Å². The molecule has 0 aromatic heterocycles. The third-order valence-corrected chi connectivity index (χ3v) is 3.55. The lowest BCUT2D eigenvalue weighted by Crippen LogP contribution is -2.57. The predicted molar refractivity (Wildman–Crippen MR) is 62.2 cm³/mol. The standard InChI is InChI=1S/C12H22N2O2/c1-9-4-3-6-14(8-9)12(15)11-10(2)16-7-5-13-11/h9-11,13H,3-8H2,1-2H3/t9?,10-,11+/m1/s1. The van der Waals surface area contributed by atoms with Crippen LogP contribution in [0.1, 0.15) is 26.7 Å². The van der Waals surface area contributed by atoms with Crippen LogP contribution in [-0.4, -0.2) is 49.2 Å². The van der Waals surface area contributed by atoms with E-state index < -0.39 is 0 Å². The molecule has 92 valence electrons. The lowest BCUT2D eigenvalue weighted by molar-refractivity contribution is -0.141. The maximum Gasteiger partial charge on any atom is 0.242 e. The Hall–Kier alpha value is -0.610. The first kappa shape index (κ1) is 11.9. The van der Waals surface area contributed by atoms with Crippen molar-refractivity contribution < 1.29 is 9.53 Å². The normalized spacial score (nSPS) is 36.1. The summed E-state index contributed by atoms with van der Waals surface area (Å²) in [6, 6.07) is -0.140. The molecule has 2 aliphatic heterocycles. The number of rotatable bonds is 1. The van der Waals surface area contributed by atoms with Gasteiger partial charge in [0, 0.05) is 19.6 Å². The maximum absolute atomic E-state index is 12.3. The van der Waals surface area contributed by atoms with Gasteiger partial charge in [-0.2, -0.15) is 0 Å². The van der Waals surface area contributed by atoms with Crippen LogP contribution in [-0.2, 0) is 9.53 Å². The lowest BCUT2D eigenvalue weighted by atomic mass is 9.99. The molecule has 1 N–H and O–H groups in total. The topological polar surface area (TPSA) is 41.6 Å². The summed E-state index contributed by atoms with van der Waals surface area (Å²) in [7, 11) is 0. The fourth-order valence-electron chi connectivity index (χ4n) is 2.60. The highest BCUT2D eigenvalue weighted by Crippen LogP contribution is 2.17. The summed E-state index contributed by atoms with van der Waals surface area (Å²) < 4.78 is 5.52. The summed E-state index contributed by atoms with van der Waals surface area (Å²) in [4.78, 5) is 14.3. The second-order valence-electron chi connectivity index (χ2n) is 5.04. The van der Waals surface area contributed by atoms with Crippen molar-refractivity contribution in [3.63, 3.8) is 0 Å². The number of hydrogen-bond donors (Lipinski definition) is 1. The Morgan fingerprint density at radius 3 is 2.94 bits per heavy atom. The van der Waals surface area contributed by atoms with Gasteiger partial charge in [-0.25, -0.2) is 0 Å². The second kappa shape index (κ2) is 5.15. The molecule has 0 spiro atoms. The summed E-state index contributed by atoms with van der Waals surface area (Å²) in [5, 5.41) is 3.26. The number of nitrogens with one attached hydrogen (secondary N) is 1. The number of ether oxygens (including phenoxy) is 1. The van der Waals surface area contributed by atoms with E-state index in [1.54, 1.807) is 0 Å². The molecule has 0 saturated carbocycles. The highest BCUT2D eigenvalue weighted by molar-refractivity contribution is 5.82. The van der Waals surface area contributed by atoms with Crippen LogP contribution >= 0.6 is 0 Å². The minimum atomic E-state index is -0.140. The largest absolute Gasteiger partial charge is 0.375 e. The fourth-order valence-corrected chi connectivity index (χ4v) is 2.60. The van der Waals surface area contributed by atoms with E-state index in [0.29, 0.717) is 12.5 Å². The van der Waals surface area contributed by atoms with Crippen LogP contribution in [0.3, 0.4) is 0 Å². The van der Waals surface area contributed by atoms with E-state index in [0.717, 1.165) is 26.1 Å². The molecule has 1 amide bonds. The molecular formula is C12H22N2O2. The van der Waals surface area contributed by atoms with Gasteiger partial charge in [0.1, 0.15) is 6.04 Å². The van der Waals surface area contributed by atoms with Gasteiger partial charge in [0.25, 0.3) is 0 Å². The molecule has 2 saturated heterocycles. The van der Waals surface area contributed by atoms with Gasteiger partial charge in [-0.05, 0) is 25.7 Å². The predicted octanol–water partition coefficient (Wildman–Crippen LogP) is 0.622. The van der Waals surface area contributed by atoms with E-state index in [-0.39, 0.29) is 18.1 Å². The van der Waals surface area contributed by atoms with E-state index in [2.05, 4.69) is 12.2 Å². The van der Waals surface area contributed by atoms with Gasteiger partial charge in [-0.3, -0.25) is 4.79 Å². The molecule has 3 atom stereocenters. The van der Waals surface area contributed by atoms with Crippen molar-refractivity contribution in [2.75, 3.05) is 26.2 Å². The number of piperidine rings is 1. The first-order valence-corrected chi connectivity index (χ1v) is 6.32. The second-order valence-corrected chi connectivity index (χ2v) is 5.04. The molecule has 4 heteroatoms. The summed E-state index contributed by atoms with van der Waals surface area (Å²) in [5.74, 6) is 0.858. The third kappa shape index (κ3) is 2.55. The number of likely N-dealkylation sites (tertiary alicyclic amines) is 1. The lowest BCUT2D eigenvalue weighted by Gasteiger charge is -2.37.